The van der Waals surface area contributed by atoms with Crippen LogP contribution in [0.4, 0.5) is 0 Å². The van der Waals surface area contributed by atoms with Gasteiger partial charge in [0.05, 0.1) is 7.11 Å². The van der Waals surface area contributed by atoms with Crippen LogP contribution in [0.5, 0.6) is 11.5 Å². The standard InChI is InChI=1S/C27H36N2O4/c1-4-25(27(31)28-22-10-6-5-7-11-22)29(18-21-13-15-23(32-3)16-14-21)26(30)19-33-24-12-8-9-20(2)17-24/h8-9,12-17,22,25H,4-7,10-11,18-19H2,1-3H3,(H,28,31)/t25-/m0/s1. The van der Waals surface area contributed by atoms with E-state index in [1.54, 1.807) is 12.0 Å². The fourth-order valence-electron chi connectivity index (χ4n) is 4.32. The molecule has 2 aromatic rings. The van der Waals surface area contributed by atoms with Crippen molar-refractivity contribution in [3.8, 4) is 11.5 Å². The molecule has 0 radical (unpaired) electrons. The van der Waals surface area contributed by atoms with E-state index in [4.69, 9.17) is 9.47 Å². The first-order valence-corrected chi connectivity index (χ1v) is 11.9. The number of hydrogen-bond donors (Lipinski definition) is 1. The Hall–Kier alpha value is -3.02. The minimum Gasteiger partial charge on any atom is -0.497 e. The Kier molecular flexibility index (Phi) is 9.16. The molecule has 0 unspecified atom stereocenters. The molecule has 0 saturated heterocycles. The molecule has 1 fully saturated rings. The van der Waals surface area contributed by atoms with Crippen LogP contribution in [0.1, 0.15) is 56.6 Å². The number of nitrogens with one attached hydrogen (secondary N) is 1. The van der Waals surface area contributed by atoms with Crippen molar-refractivity contribution in [2.24, 2.45) is 0 Å². The zero-order valence-corrected chi connectivity index (χ0v) is 20.0. The highest BCUT2D eigenvalue weighted by Crippen LogP contribution is 2.20. The van der Waals surface area contributed by atoms with Crippen molar-refractivity contribution < 1.29 is 19.1 Å². The third-order valence-electron chi connectivity index (χ3n) is 6.20. The summed E-state index contributed by atoms with van der Waals surface area (Å²) >= 11 is 0. The minimum atomic E-state index is -0.553. The van der Waals surface area contributed by atoms with Crippen molar-refractivity contribution in [1.29, 1.82) is 0 Å². The summed E-state index contributed by atoms with van der Waals surface area (Å²) in [6, 6.07) is 14.8. The van der Waals surface area contributed by atoms with Crippen LogP contribution in [0.2, 0.25) is 0 Å². The lowest BCUT2D eigenvalue weighted by Crippen LogP contribution is -2.52. The smallest absolute Gasteiger partial charge is 0.261 e. The van der Waals surface area contributed by atoms with Gasteiger partial charge in [-0.2, -0.15) is 0 Å². The highest BCUT2D eigenvalue weighted by molar-refractivity contribution is 5.88. The lowest BCUT2D eigenvalue weighted by molar-refractivity contribution is -0.143. The number of hydrogen-bond acceptors (Lipinski definition) is 4. The van der Waals surface area contributed by atoms with Gasteiger partial charge in [0.15, 0.2) is 6.61 Å². The fraction of sp³-hybridized carbons (Fsp3) is 0.481. The van der Waals surface area contributed by atoms with Gasteiger partial charge in [0.25, 0.3) is 5.91 Å². The van der Waals surface area contributed by atoms with Gasteiger partial charge in [0.2, 0.25) is 5.91 Å². The molecule has 0 aliphatic heterocycles. The number of carbonyl (C=O) groups excluding carboxylic acids is 2. The number of carbonyl (C=O) groups is 2. The quantitative estimate of drug-likeness (QED) is 0.570. The number of aryl methyl sites for hydroxylation is 1. The zero-order chi connectivity index (χ0) is 23.6. The monoisotopic (exact) mass is 452 g/mol. The Morgan fingerprint density at radius 3 is 2.42 bits per heavy atom. The molecule has 1 N–H and O–H groups in total. The van der Waals surface area contributed by atoms with E-state index in [2.05, 4.69) is 5.32 Å². The van der Waals surface area contributed by atoms with Crippen LogP contribution in [0.15, 0.2) is 48.5 Å². The molecule has 0 spiro atoms. The average molecular weight is 453 g/mol. The van der Waals surface area contributed by atoms with Crippen molar-refractivity contribution in [1.82, 2.24) is 10.2 Å². The number of nitrogens with zero attached hydrogens (tertiary/aromatic N) is 1. The maximum atomic E-state index is 13.3. The number of rotatable bonds is 10. The molecule has 1 saturated carbocycles. The predicted octanol–water partition coefficient (Wildman–Crippen LogP) is 4.64. The van der Waals surface area contributed by atoms with E-state index in [9.17, 15) is 9.59 Å². The molecule has 1 aliphatic carbocycles. The minimum absolute atomic E-state index is 0.0817. The van der Waals surface area contributed by atoms with Gasteiger partial charge in [-0.15, -0.1) is 0 Å². The summed E-state index contributed by atoms with van der Waals surface area (Å²) in [5.74, 6) is 1.11. The second-order valence-electron chi connectivity index (χ2n) is 8.74. The summed E-state index contributed by atoms with van der Waals surface area (Å²) < 4.78 is 11.0. The number of amides is 2. The second-order valence-corrected chi connectivity index (χ2v) is 8.74. The van der Waals surface area contributed by atoms with Crippen LogP contribution in [-0.4, -0.2) is 42.5 Å². The van der Waals surface area contributed by atoms with Gasteiger partial charge in [0.1, 0.15) is 17.5 Å². The number of ether oxygens (including phenoxy) is 2. The molecule has 33 heavy (non-hydrogen) atoms. The molecule has 6 nitrogen and oxygen atoms in total. The predicted molar refractivity (Wildman–Crippen MR) is 129 cm³/mol. The molecule has 3 rings (SSSR count). The van der Waals surface area contributed by atoms with Gasteiger partial charge in [0, 0.05) is 12.6 Å². The first kappa shape index (κ1) is 24.6. The molecule has 178 valence electrons. The molecule has 1 aliphatic rings. The van der Waals surface area contributed by atoms with E-state index in [1.165, 1.54) is 6.42 Å². The second kappa shape index (κ2) is 12.3. The molecule has 0 bridgehead atoms. The molecule has 2 amide bonds. The van der Waals surface area contributed by atoms with Gasteiger partial charge in [-0.1, -0.05) is 50.5 Å². The summed E-state index contributed by atoms with van der Waals surface area (Å²) in [4.78, 5) is 28.2. The molecule has 6 heteroatoms. The van der Waals surface area contributed by atoms with Crippen molar-refractivity contribution >= 4 is 11.8 Å². The van der Waals surface area contributed by atoms with Crippen LogP contribution in [0.3, 0.4) is 0 Å². The maximum Gasteiger partial charge on any atom is 0.261 e. The van der Waals surface area contributed by atoms with Gasteiger partial charge in [-0.3, -0.25) is 9.59 Å². The number of methoxy groups -OCH3 is 1. The van der Waals surface area contributed by atoms with Crippen LogP contribution in [0, 0.1) is 6.92 Å². The Morgan fingerprint density at radius 1 is 1.06 bits per heavy atom. The van der Waals surface area contributed by atoms with E-state index >= 15 is 0 Å². The van der Waals surface area contributed by atoms with Crippen LogP contribution >= 0.6 is 0 Å². The van der Waals surface area contributed by atoms with Crippen LogP contribution in [0.25, 0.3) is 0 Å². The summed E-state index contributed by atoms with van der Waals surface area (Å²) in [5.41, 5.74) is 2.00. The zero-order valence-electron chi connectivity index (χ0n) is 20.0. The summed E-state index contributed by atoms with van der Waals surface area (Å²) in [6.45, 7) is 4.14. The SMILES string of the molecule is CC[C@@H](C(=O)NC1CCCCC1)N(Cc1ccc(OC)cc1)C(=O)COc1cccc(C)c1. The van der Waals surface area contributed by atoms with Crippen LogP contribution < -0.4 is 14.8 Å². The van der Waals surface area contributed by atoms with E-state index < -0.39 is 6.04 Å². The molecular formula is C27H36N2O4. The van der Waals surface area contributed by atoms with Gasteiger partial charge >= 0.3 is 0 Å². The lowest BCUT2D eigenvalue weighted by atomic mass is 9.95. The normalized spacial score (nSPS) is 14.9. The summed E-state index contributed by atoms with van der Waals surface area (Å²) in [6.07, 6.45) is 6.05. The molecule has 0 heterocycles. The van der Waals surface area contributed by atoms with Crippen molar-refractivity contribution in [3.05, 3.63) is 59.7 Å². The van der Waals surface area contributed by atoms with E-state index in [0.29, 0.717) is 18.7 Å². The van der Waals surface area contributed by atoms with E-state index in [-0.39, 0.29) is 24.5 Å². The fourth-order valence-corrected chi connectivity index (χ4v) is 4.32. The van der Waals surface area contributed by atoms with Crippen molar-refractivity contribution in [2.45, 2.75) is 71.0 Å². The topological polar surface area (TPSA) is 67.9 Å². The van der Waals surface area contributed by atoms with Gasteiger partial charge in [-0.25, -0.2) is 0 Å². The average Bonchev–Trinajstić information content (AvgIpc) is 2.83. The Labute approximate surface area is 197 Å². The largest absolute Gasteiger partial charge is 0.497 e. The van der Waals surface area contributed by atoms with Gasteiger partial charge < -0.3 is 19.7 Å². The molecule has 2 aromatic carbocycles. The first-order chi connectivity index (χ1) is 16.0. The maximum absolute atomic E-state index is 13.3. The van der Waals surface area contributed by atoms with Gasteiger partial charge in [-0.05, 0) is 61.6 Å². The van der Waals surface area contributed by atoms with Crippen LogP contribution in [-0.2, 0) is 16.1 Å². The summed E-state index contributed by atoms with van der Waals surface area (Å²) in [7, 11) is 1.62. The Bertz CT molecular complexity index is 907. The van der Waals surface area contributed by atoms with E-state index in [0.717, 1.165) is 42.6 Å². The van der Waals surface area contributed by atoms with E-state index in [1.807, 2.05) is 62.4 Å². The first-order valence-electron chi connectivity index (χ1n) is 11.9. The lowest BCUT2D eigenvalue weighted by Gasteiger charge is -2.32. The molecular weight excluding hydrogens is 416 g/mol. The highest BCUT2D eigenvalue weighted by Gasteiger charge is 2.30. The Balaban J connectivity index is 1.75. The third-order valence-corrected chi connectivity index (χ3v) is 6.20. The molecule has 0 aromatic heterocycles. The Morgan fingerprint density at radius 2 is 1.79 bits per heavy atom. The van der Waals surface area contributed by atoms with Crippen molar-refractivity contribution in [2.75, 3.05) is 13.7 Å². The third kappa shape index (κ3) is 7.24. The number of benzene rings is 2. The summed E-state index contributed by atoms with van der Waals surface area (Å²) in [5, 5.41) is 3.20. The van der Waals surface area contributed by atoms with Crippen molar-refractivity contribution in [3.63, 3.8) is 0 Å². The molecule has 1 atom stereocenters. The highest BCUT2D eigenvalue weighted by atomic mass is 16.5.